The van der Waals surface area contributed by atoms with Crippen molar-refractivity contribution in [1.29, 1.82) is 0 Å². The molecule has 0 aliphatic heterocycles. The van der Waals surface area contributed by atoms with E-state index in [4.69, 9.17) is 14.3 Å². The summed E-state index contributed by atoms with van der Waals surface area (Å²) in [4.78, 5) is 11.2. The molecule has 0 saturated heterocycles. The van der Waals surface area contributed by atoms with Crippen molar-refractivity contribution < 1.29 is 19.1 Å². The van der Waals surface area contributed by atoms with Crippen LogP contribution in [0.5, 0.6) is 0 Å². The van der Waals surface area contributed by atoms with E-state index in [1.807, 2.05) is 13.0 Å². The maximum Gasteiger partial charge on any atom is 0.306 e. The highest BCUT2D eigenvalue weighted by atomic mass is 16.5. The number of rotatable bonds is 5. The molecular weight excluding hydrogens is 196 g/mol. The van der Waals surface area contributed by atoms with Crippen LogP contribution < -0.4 is 0 Å². The lowest BCUT2D eigenvalue weighted by atomic mass is 10.2. The first-order valence-electron chi connectivity index (χ1n) is 4.97. The molecule has 1 atom stereocenters. The number of hydrogen-bond donors (Lipinski definition) is 1. The lowest BCUT2D eigenvalue weighted by molar-refractivity contribution is -0.146. The molecule has 1 aromatic rings. The van der Waals surface area contributed by atoms with Crippen LogP contribution in [0.2, 0.25) is 0 Å². The molecule has 1 rings (SSSR count). The summed E-state index contributed by atoms with van der Waals surface area (Å²) in [6.07, 6.45) is 0.191. The molecule has 0 aromatic carbocycles. The van der Waals surface area contributed by atoms with E-state index in [1.54, 1.807) is 13.0 Å². The summed E-state index contributed by atoms with van der Waals surface area (Å²) in [6.45, 7) is 3.63. The fourth-order valence-electron chi connectivity index (χ4n) is 1.11. The van der Waals surface area contributed by atoms with E-state index in [1.165, 1.54) is 0 Å². The minimum Gasteiger partial charge on any atom is -0.463 e. The van der Waals surface area contributed by atoms with Gasteiger partial charge in [-0.1, -0.05) is 0 Å². The Morgan fingerprint density at radius 2 is 2.33 bits per heavy atom. The van der Waals surface area contributed by atoms with Crippen LogP contribution in [-0.2, 0) is 16.1 Å². The largest absolute Gasteiger partial charge is 0.463 e. The Balaban J connectivity index is 2.22. The lowest BCUT2D eigenvalue weighted by Crippen LogP contribution is -2.08. The molecule has 0 bridgehead atoms. The van der Waals surface area contributed by atoms with E-state index in [2.05, 4.69) is 0 Å². The van der Waals surface area contributed by atoms with Crippen LogP contribution in [0.4, 0.5) is 0 Å². The van der Waals surface area contributed by atoms with Crippen LogP contribution in [0, 0.1) is 6.92 Å². The third-order valence-corrected chi connectivity index (χ3v) is 1.94. The second-order valence-corrected chi connectivity index (χ2v) is 3.56. The number of hydrogen-bond acceptors (Lipinski definition) is 4. The van der Waals surface area contributed by atoms with Gasteiger partial charge in [0.2, 0.25) is 0 Å². The van der Waals surface area contributed by atoms with E-state index < -0.39 is 6.10 Å². The van der Waals surface area contributed by atoms with Gasteiger partial charge in [-0.15, -0.1) is 0 Å². The van der Waals surface area contributed by atoms with Gasteiger partial charge in [-0.3, -0.25) is 4.79 Å². The summed E-state index contributed by atoms with van der Waals surface area (Å²) in [6, 6.07) is 3.59. The normalized spacial score (nSPS) is 12.5. The van der Waals surface area contributed by atoms with Crippen molar-refractivity contribution in [2.75, 3.05) is 0 Å². The van der Waals surface area contributed by atoms with Gasteiger partial charge in [-0.05, 0) is 32.4 Å². The first-order valence-corrected chi connectivity index (χ1v) is 4.97. The van der Waals surface area contributed by atoms with Gasteiger partial charge in [-0.2, -0.15) is 0 Å². The molecule has 0 aliphatic carbocycles. The molecule has 84 valence electrons. The summed E-state index contributed by atoms with van der Waals surface area (Å²) < 4.78 is 10.2. The van der Waals surface area contributed by atoms with E-state index in [0.29, 0.717) is 12.2 Å². The summed E-state index contributed by atoms with van der Waals surface area (Å²) in [5.41, 5.74) is 0. The molecule has 0 radical (unpaired) electrons. The second kappa shape index (κ2) is 5.56. The first-order chi connectivity index (χ1) is 7.08. The van der Waals surface area contributed by atoms with Gasteiger partial charge in [-0.25, -0.2) is 0 Å². The number of furan rings is 1. The zero-order chi connectivity index (χ0) is 11.3. The molecule has 1 N–H and O–H groups in total. The highest BCUT2D eigenvalue weighted by Gasteiger charge is 2.07. The molecule has 1 heterocycles. The van der Waals surface area contributed by atoms with Crippen molar-refractivity contribution in [3.8, 4) is 0 Å². The number of aliphatic hydroxyl groups excluding tert-OH is 1. The van der Waals surface area contributed by atoms with Gasteiger partial charge in [0.15, 0.2) is 0 Å². The average molecular weight is 212 g/mol. The van der Waals surface area contributed by atoms with Crippen LogP contribution in [0.25, 0.3) is 0 Å². The van der Waals surface area contributed by atoms with Gasteiger partial charge >= 0.3 is 5.97 Å². The van der Waals surface area contributed by atoms with Crippen LogP contribution in [0.1, 0.15) is 31.3 Å². The Morgan fingerprint density at radius 3 is 2.87 bits per heavy atom. The highest BCUT2D eigenvalue weighted by molar-refractivity contribution is 5.69. The first kappa shape index (κ1) is 11.8. The number of carbonyl (C=O) groups excluding carboxylic acids is 1. The van der Waals surface area contributed by atoms with Gasteiger partial charge in [0, 0.05) is 6.42 Å². The monoisotopic (exact) mass is 212 g/mol. The van der Waals surface area contributed by atoms with Crippen LogP contribution in [0.3, 0.4) is 0 Å². The molecule has 1 aromatic heterocycles. The molecular formula is C11H16O4. The SMILES string of the molecule is Cc1ccc(COC(=O)CCC(C)O)o1. The van der Waals surface area contributed by atoms with E-state index in [0.717, 1.165) is 5.76 Å². The third kappa shape index (κ3) is 4.65. The highest BCUT2D eigenvalue weighted by Crippen LogP contribution is 2.08. The van der Waals surface area contributed by atoms with Gasteiger partial charge in [0.1, 0.15) is 18.1 Å². The van der Waals surface area contributed by atoms with Crippen molar-refractivity contribution in [2.45, 2.75) is 39.4 Å². The molecule has 0 amide bonds. The van der Waals surface area contributed by atoms with Crippen LogP contribution >= 0.6 is 0 Å². The van der Waals surface area contributed by atoms with Crippen molar-refractivity contribution in [3.63, 3.8) is 0 Å². The van der Waals surface area contributed by atoms with Crippen LogP contribution in [-0.4, -0.2) is 17.2 Å². The quantitative estimate of drug-likeness (QED) is 0.756. The minimum atomic E-state index is -0.469. The Bertz CT molecular complexity index is 314. The molecule has 4 nitrogen and oxygen atoms in total. The Hall–Kier alpha value is -1.29. The molecule has 0 fully saturated rings. The van der Waals surface area contributed by atoms with Crippen molar-refractivity contribution in [3.05, 3.63) is 23.7 Å². The number of ether oxygens (including phenoxy) is 1. The number of carbonyl (C=O) groups is 1. The number of esters is 1. The van der Waals surface area contributed by atoms with Gasteiger partial charge in [0.25, 0.3) is 0 Å². The molecule has 1 unspecified atom stereocenters. The molecule has 15 heavy (non-hydrogen) atoms. The van der Waals surface area contributed by atoms with Crippen LogP contribution in [0.15, 0.2) is 16.5 Å². The Morgan fingerprint density at radius 1 is 1.60 bits per heavy atom. The maximum absolute atomic E-state index is 11.2. The number of aliphatic hydroxyl groups is 1. The van der Waals surface area contributed by atoms with Crippen molar-refractivity contribution in [2.24, 2.45) is 0 Å². The Labute approximate surface area is 88.8 Å². The predicted octanol–water partition coefficient (Wildman–Crippen LogP) is 1.79. The zero-order valence-electron chi connectivity index (χ0n) is 9.03. The lowest BCUT2D eigenvalue weighted by Gasteiger charge is -2.04. The molecule has 0 spiro atoms. The van der Waals surface area contributed by atoms with Gasteiger partial charge < -0.3 is 14.3 Å². The predicted molar refractivity (Wildman–Crippen MR) is 54.2 cm³/mol. The van der Waals surface area contributed by atoms with Gasteiger partial charge in [0.05, 0.1) is 6.10 Å². The topological polar surface area (TPSA) is 59.7 Å². The number of aryl methyl sites for hydroxylation is 1. The average Bonchev–Trinajstić information content (AvgIpc) is 2.58. The minimum absolute atomic E-state index is 0.159. The summed E-state index contributed by atoms with van der Waals surface area (Å²) >= 11 is 0. The van der Waals surface area contributed by atoms with Crippen molar-refractivity contribution >= 4 is 5.97 Å². The fraction of sp³-hybridized carbons (Fsp3) is 0.545. The second-order valence-electron chi connectivity index (χ2n) is 3.56. The standard InChI is InChI=1S/C11H16O4/c1-8(12)3-6-11(13)14-7-10-5-4-9(2)15-10/h4-5,8,12H,3,6-7H2,1-2H3. The van der Waals surface area contributed by atoms with E-state index >= 15 is 0 Å². The fourth-order valence-corrected chi connectivity index (χ4v) is 1.11. The zero-order valence-corrected chi connectivity index (χ0v) is 9.03. The maximum atomic E-state index is 11.2. The van der Waals surface area contributed by atoms with E-state index in [-0.39, 0.29) is 19.0 Å². The smallest absolute Gasteiger partial charge is 0.306 e. The third-order valence-electron chi connectivity index (χ3n) is 1.94. The summed E-state index contributed by atoms with van der Waals surface area (Å²) in [5, 5.41) is 8.96. The van der Waals surface area contributed by atoms with Crippen molar-refractivity contribution in [1.82, 2.24) is 0 Å². The molecule has 4 heteroatoms. The van der Waals surface area contributed by atoms with E-state index in [9.17, 15) is 4.79 Å². The molecule has 0 aliphatic rings. The molecule has 0 saturated carbocycles. The summed E-state index contributed by atoms with van der Waals surface area (Å²) in [5.74, 6) is 1.12. The summed E-state index contributed by atoms with van der Waals surface area (Å²) in [7, 11) is 0. The Kier molecular flexibility index (Phi) is 4.37.